The molecule has 4 nitrogen and oxygen atoms in total. The van der Waals surface area contributed by atoms with E-state index in [9.17, 15) is 0 Å². The number of aliphatic imine (C=N–C) groups is 1. The van der Waals surface area contributed by atoms with E-state index in [4.69, 9.17) is 11.6 Å². The Kier molecular flexibility index (Phi) is 11.3. The van der Waals surface area contributed by atoms with Gasteiger partial charge in [0.2, 0.25) is 0 Å². The van der Waals surface area contributed by atoms with Crippen LogP contribution in [-0.4, -0.2) is 42.6 Å². The van der Waals surface area contributed by atoms with Crippen LogP contribution < -0.4 is 10.6 Å². The van der Waals surface area contributed by atoms with Gasteiger partial charge in [0, 0.05) is 31.6 Å². The minimum atomic E-state index is 0. The van der Waals surface area contributed by atoms with Gasteiger partial charge in [0.15, 0.2) is 5.96 Å². The van der Waals surface area contributed by atoms with Crippen LogP contribution in [0.3, 0.4) is 0 Å². The molecule has 0 amide bonds. The molecule has 1 atom stereocenters. The molecule has 0 radical (unpaired) electrons. The Balaban J connectivity index is 0.00000361. The highest BCUT2D eigenvalue weighted by Crippen LogP contribution is 2.05. The molecule has 0 saturated carbocycles. The van der Waals surface area contributed by atoms with Gasteiger partial charge in [-0.1, -0.05) is 24.6 Å². The summed E-state index contributed by atoms with van der Waals surface area (Å²) >= 11 is 7.58. The first-order valence-corrected chi connectivity index (χ1v) is 7.90. The third kappa shape index (κ3) is 8.16. The molecule has 20 heavy (non-hydrogen) atoms. The van der Waals surface area contributed by atoms with Crippen LogP contribution in [0.15, 0.2) is 23.3 Å². The number of halogens is 2. The quantitative estimate of drug-likeness (QED) is 0.317. The monoisotopic (exact) mass is 428 g/mol. The lowest BCUT2D eigenvalue weighted by molar-refractivity contribution is 0.780. The van der Waals surface area contributed by atoms with E-state index in [0.717, 1.165) is 31.0 Å². The average molecular weight is 429 g/mol. The van der Waals surface area contributed by atoms with Crippen molar-refractivity contribution in [1.29, 1.82) is 0 Å². The van der Waals surface area contributed by atoms with Crippen molar-refractivity contribution in [2.45, 2.75) is 18.6 Å². The summed E-state index contributed by atoms with van der Waals surface area (Å²) in [4.78, 5) is 8.24. The van der Waals surface area contributed by atoms with Crippen LogP contribution in [0.4, 0.5) is 0 Å². The first-order chi connectivity index (χ1) is 9.15. The summed E-state index contributed by atoms with van der Waals surface area (Å²) in [6, 6.07) is 3.80. The fourth-order valence-corrected chi connectivity index (χ4v) is 1.79. The van der Waals surface area contributed by atoms with Gasteiger partial charge in [0.05, 0.1) is 0 Å². The number of pyridine rings is 1. The molecule has 114 valence electrons. The van der Waals surface area contributed by atoms with E-state index in [1.807, 2.05) is 23.9 Å². The van der Waals surface area contributed by atoms with Gasteiger partial charge in [0.1, 0.15) is 5.15 Å². The van der Waals surface area contributed by atoms with E-state index in [2.05, 4.69) is 33.8 Å². The lowest BCUT2D eigenvalue weighted by Crippen LogP contribution is -2.40. The van der Waals surface area contributed by atoms with Gasteiger partial charge in [-0.15, -0.1) is 24.0 Å². The summed E-state index contributed by atoms with van der Waals surface area (Å²) in [5.74, 6) is 0.836. The third-order valence-corrected chi connectivity index (χ3v) is 3.87. The van der Waals surface area contributed by atoms with Crippen LogP contribution in [0.2, 0.25) is 5.15 Å². The molecule has 7 heteroatoms. The Morgan fingerprint density at radius 3 is 2.75 bits per heavy atom. The molecule has 0 spiro atoms. The van der Waals surface area contributed by atoms with Crippen LogP contribution in [0, 0.1) is 0 Å². The molecule has 1 rings (SSSR count). The summed E-state index contributed by atoms with van der Waals surface area (Å²) in [6.07, 6.45) is 4.80. The van der Waals surface area contributed by atoms with E-state index in [1.165, 1.54) is 0 Å². The highest BCUT2D eigenvalue weighted by Gasteiger charge is 2.02. The first-order valence-electron chi connectivity index (χ1n) is 6.23. The van der Waals surface area contributed by atoms with Gasteiger partial charge in [-0.25, -0.2) is 4.98 Å². The molecule has 2 N–H and O–H groups in total. The zero-order chi connectivity index (χ0) is 14.1. The van der Waals surface area contributed by atoms with Crippen LogP contribution >= 0.6 is 47.3 Å². The van der Waals surface area contributed by atoms with Gasteiger partial charge in [-0.05, 0) is 24.3 Å². The van der Waals surface area contributed by atoms with Crippen LogP contribution in [0.5, 0.6) is 0 Å². The van der Waals surface area contributed by atoms with Crippen LogP contribution in [0.1, 0.15) is 12.5 Å². The Bertz CT molecular complexity index is 400. The van der Waals surface area contributed by atoms with Gasteiger partial charge in [-0.3, -0.25) is 4.99 Å². The Morgan fingerprint density at radius 2 is 2.20 bits per heavy atom. The molecule has 1 unspecified atom stereocenters. The molecule has 0 bridgehead atoms. The predicted molar refractivity (Wildman–Crippen MR) is 101 cm³/mol. The van der Waals surface area contributed by atoms with Crippen molar-refractivity contribution < 1.29 is 0 Å². The minimum Gasteiger partial charge on any atom is -0.356 e. The number of hydrogen-bond acceptors (Lipinski definition) is 3. The molecule has 0 aliphatic heterocycles. The SMILES string of the molecule is CN=C(NCCc1ccc(Cl)nc1)NCC(C)SC.I. The molecular formula is C13H22ClIN4S. The average Bonchev–Trinajstić information content (AvgIpc) is 2.44. The van der Waals surface area contributed by atoms with E-state index >= 15 is 0 Å². The molecule has 1 heterocycles. The van der Waals surface area contributed by atoms with Crippen molar-refractivity contribution in [3.8, 4) is 0 Å². The second-order valence-corrected chi connectivity index (χ2v) is 5.83. The number of hydrogen-bond donors (Lipinski definition) is 2. The predicted octanol–water partition coefficient (Wildman–Crippen LogP) is 2.81. The molecule has 0 saturated heterocycles. The molecule has 1 aromatic rings. The summed E-state index contributed by atoms with van der Waals surface area (Å²) in [6.45, 7) is 3.91. The minimum absolute atomic E-state index is 0. The maximum Gasteiger partial charge on any atom is 0.191 e. The zero-order valence-electron chi connectivity index (χ0n) is 12.0. The normalized spacial score (nSPS) is 12.5. The topological polar surface area (TPSA) is 49.3 Å². The van der Waals surface area contributed by atoms with Gasteiger partial charge >= 0.3 is 0 Å². The van der Waals surface area contributed by atoms with Crippen molar-refractivity contribution in [2.24, 2.45) is 4.99 Å². The summed E-state index contributed by atoms with van der Waals surface area (Å²) in [7, 11) is 1.78. The van der Waals surface area contributed by atoms with E-state index in [-0.39, 0.29) is 24.0 Å². The van der Waals surface area contributed by atoms with Crippen molar-refractivity contribution >= 4 is 53.3 Å². The molecule has 0 fully saturated rings. The maximum absolute atomic E-state index is 5.75. The molecule has 1 aromatic heterocycles. The number of guanidine groups is 1. The van der Waals surface area contributed by atoms with Crippen molar-refractivity contribution in [3.63, 3.8) is 0 Å². The lowest BCUT2D eigenvalue weighted by atomic mass is 10.2. The maximum atomic E-state index is 5.75. The Labute approximate surface area is 147 Å². The molecule has 0 aromatic carbocycles. The second kappa shape index (κ2) is 11.4. The van der Waals surface area contributed by atoms with Gasteiger partial charge in [-0.2, -0.15) is 11.8 Å². The Morgan fingerprint density at radius 1 is 1.45 bits per heavy atom. The summed E-state index contributed by atoms with van der Waals surface area (Å²) in [5, 5.41) is 7.67. The van der Waals surface area contributed by atoms with Crippen molar-refractivity contribution in [3.05, 3.63) is 29.0 Å². The standard InChI is InChI=1S/C13H21ClN4S.HI/c1-10(19-3)8-18-13(15-2)16-7-6-11-4-5-12(14)17-9-11;/h4-5,9-10H,6-8H2,1-3H3,(H2,15,16,18);1H. The number of nitrogens with zero attached hydrogens (tertiary/aromatic N) is 2. The smallest absolute Gasteiger partial charge is 0.191 e. The number of rotatable bonds is 6. The highest BCUT2D eigenvalue weighted by molar-refractivity contribution is 14.0. The van der Waals surface area contributed by atoms with E-state index < -0.39 is 0 Å². The van der Waals surface area contributed by atoms with E-state index in [0.29, 0.717) is 10.4 Å². The Hall–Kier alpha value is -0.210. The lowest BCUT2D eigenvalue weighted by Gasteiger charge is -2.14. The van der Waals surface area contributed by atoms with Crippen molar-refractivity contribution in [2.75, 3.05) is 26.4 Å². The zero-order valence-corrected chi connectivity index (χ0v) is 15.9. The van der Waals surface area contributed by atoms with Gasteiger partial charge in [0.25, 0.3) is 0 Å². The number of thioether (sulfide) groups is 1. The molecule has 0 aliphatic rings. The number of nitrogens with one attached hydrogen (secondary N) is 2. The molecule has 0 aliphatic carbocycles. The first kappa shape index (κ1) is 19.8. The van der Waals surface area contributed by atoms with Crippen LogP contribution in [0.25, 0.3) is 0 Å². The van der Waals surface area contributed by atoms with Crippen LogP contribution in [-0.2, 0) is 6.42 Å². The largest absolute Gasteiger partial charge is 0.356 e. The summed E-state index contributed by atoms with van der Waals surface area (Å²) < 4.78 is 0. The third-order valence-electron chi connectivity index (χ3n) is 2.68. The highest BCUT2D eigenvalue weighted by atomic mass is 127. The molecular weight excluding hydrogens is 407 g/mol. The number of aromatic nitrogens is 1. The fraction of sp³-hybridized carbons (Fsp3) is 0.538. The van der Waals surface area contributed by atoms with Gasteiger partial charge < -0.3 is 10.6 Å². The van der Waals surface area contributed by atoms with Crippen molar-refractivity contribution in [1.82, 2.24) is 15.6 Å². The fourth-order valence-electron chi connectivity index (χ4n) is 1.42. The second-order valence-electron chi connectivity index (χ2n) is 4.17. The van der Waals surface area contributed by atoms with E-state index in [1.54, 1.807) is 13.2 Å². The summed E-state index contributed by atoms with van der Waals surface area (Å²) in [5.41, 5.74) is 1.16.